The lowest BCUT2D eigenvalue weighted by Crippen LogP contribution is -2.46. The first kappa shape index (κ1) is 35.3. The van der Waals surface area contributed by atoms with Crippen LogP contribution in [0, 0.1) is 23.7 Å². The van der Waals surface area contributed by atoms with E-state index in [1.165, 1.54) is 44.8 Å². The van der Waals surface area contributed by atoms with Crippen LogP contribution in [0.25, 0.3) is 33.6 Å². The van der Waals surface area contributed by atoms with Crippen LogP contribution in [0.5, 0.6) is 0 Å². The average molecular weight is 727 g/mol. The van der Waals surface area contributed by atoms with Gasteiger partial charge in [0, 0.05) is 55.0 Å². The highest BCUT2D eigenvalue weighted by Crippen LogP contribution is 2.54. The van der Waals surface area contributed by atoms with Gasteiger partial charge in [-0.15, -0.1) is 0 Å². The number of rotatable bonds is 2. The van der Waals surface area contributed by atoms with Crippen LogP contribution in [0.3, 0.4) is 0 Å². The van der Waals surface area contributed by atoms with Crippen molar-refractivity contribution in [1.82, 2.24) is 19.6 Å². The molecule has 9 rings (SSSR count). The van der Waals surface area contributed by atoms with Crippen molar-refractivity contribution in [2.75, 3.05) is 0 Å². The second kappa shape index (κ2) is 12.6. The van der Waals surface area contributed by atoms with Crippen LogP contribution in [0.15, 0.2) is 134 Å². The molecular weight excluding hydrogens is 681 g/mol. The highest BCUT2D eigenvalue weighted by atomic mass is 15.3. The Bertz CT molecular complexity index is 2610. The van der Waals surface area contributed by atoms with E-state index in [1.54, 1.807) is 0 Å². The average Bonchev–Trinajstić information content (AvgIpc) is 3.86. The molecule has 56 heavy (non-hydrogen) atoms. The molecule has 0 saturated heterocycles. The second-order valence-corrected chi connectivity index (χ2v) is 17.4. The Balaban J connectivity index is 1.01. The summed E-state index contributed by atoms with van der Waals surface area (Å²) in [5.41, 5.74) is 15.1. The maximum Gasteiger partial charge on any atom is 0.0687 e. The number of aromatic nitrogens is 4. The van der Waals surface area contributed by atoms with E-state index in [0.717, 1.165) is 33.6 Å². The molecule has 0 unspecified atom stereocenters. The molecule has 2 aliphatic rings. The zero-order chi connectivity index (χ0) is 39.0. The van der Waals surface area contributed by atoms with Crippen molar-refractivity contribution in [3.8, 4) is 57.3 Å². The van der Waals surface area contributed by atoms with Gasteiger partial charge in [-0.1, -0.05) is 146 Å². The molecule has 5 aromatic carbocycles. The zero-order valence-corrected chi connectivity index (χ0v) is 33.5. The molecule has 2 aromatic heterocycles. The van der Waals surface area contributed by atoms with Crippen molar-refractivity contribution in [2.45, 2.75) is 77.0 Å². The van der Waals surface area contributed by atoms with Crippen molar-refractivity contribution < 1.29 is 0 Å². The molecule has 0 radical (unpaired) electrons. The molecular formula is C52H46N4. The standard InChI is InChI=1S/C52H46N4/c1-49(2)43-31-37(26-28-45(43)55-47(51(49,5)6)41(33-53-55)39-18-11-9-12-19-39)24-22-35-16-15-17-36(30-35)23-25-38-27-29-46-44(32-38)50(3,4)52(7,8)48-42(34-54-56(46)48)40-20-13-10-14-21-40/h9-21,26-34H,1-8H3. The van der Waals surface area contributed by atoms with Crippen LogP contribution in [0.2, 0.25) is 0 Å². The molecule has 2 aliphatic heterocycles. The van der Waals surface area contributed by atoms with Crippen LogP contribution < -0.4 is 0 Å². The molecule has 7 aromatic rings. The summed E-state index contributed by atoms with van der Waals surface area (Å²) in [4.78, 5) is 0. The van der Waals surface area contributed by atoms with Gasteiger partial charge in [0.15, 0.2) is 0 Å². The minimum absolute atomic E-state index is 0.164. The van der Waals surface area contributed by atoms with Gasteiger partial charge in [-0.25, -0.2) is 9.36 Å². The van der Waals surface area contributed by atoms with E-state index in [0.29, 0.717) is 0 Å². The maximum atomic E-state index is 4.93. The van der Waals surface area contributed by atoms with Gasteiger partial charge in [0.25, 0.3) is 0 Å². The molecule has 0 spiro atoms. The fourth-order valence-corrected chi connectivity index (χ4v) is 8.75. The summed E-state index contributed by atoms with van der Waals surface area (Å²) in [6.45, 7) is 18.7. The Morgan fingerprint density at radius 1 is 0.393 bits per heavy atom. The molecule has 0 aliphatic carbocycles. The molecule has 0 N–H and O–H groups in total. The molecule has 4 heterocycles. The Morgan fingerprint density at radius 3 is 1.16 bits per heavy atom. The highest BCUT2D eigenvalue weighted by molar-refractivity contribution is 5.72. The lowest BCUT2D eigenvalue weighted by atomic mass is 9.59. The molecule has 0 amide bonds. The van der Waals surface area contributed by atoms with Gasteiger partial charge in [0.2, 0.25) is 0 Å². The number of hydrogen-bond acceptors (Lipinski definition) is 2. The van der Waals surface area contributed by atoms with Crippen LogP contribution in [-0.4, -0.2) is 19.6 Å². The lowest BCUT2D eigenvalue weighted by molar-refractivity contribution is 0.276. The van der Waals surface area contributed by atoms with E-state index >= 15 is 0 Å². The summed E-state index contributed by atoms with van der Waals surface area (Å²) >= 11 is 0. The minimum Gasteiger partial charge on any atom is -0.236 e. The van der Waals surface area contributed by atoms with Crippen molar-refractivity contribution in [3.63, 3.8) is 0 Å². The normalized spacial score (nSPS) is 16.1. The monoisotopic (exact) mass is 726 g/mol. The van der Waals surface area contributed by atoms with Crippen molar-refractivity contribution in [3.05, 3.63) is 178 Å². The molecule has 0 fully saturated rings. The van der Waals surface area contributed by atoms with Crippen LogP contribution in [0.1, 0.15) is 100 Å². The summed E-state index contributed by atoms with van der Waals surface area (Å²) in [5.74, 6) is 13.8. The quantitative estimate of drug-likeness (QED) is 0.166. The Hall–Kier alpha value is -6.36. The topological polar surface area (TPSA) is 35.6 Å². The van der Waals surface area contributed by atoms with Crippen molar-refractivity contribution in [1.29, 1.82) is 0 Å². The highest BCUT2D eigenvalue weighted by Gasteiger charge is 2.49. The van der Waals surface area contributed by atoms with Crippen LogP contribution >= 0.6 is 0 Å². The molecule has 0 atom stereocenters. The number of nitrogens with zero attached hydrogens (tertiary/aromatic N) is 4. The fraction of sp³-hybridized carbons (Fsp3) is 0.231. The van der Waals surface area contributed by atoms with Gasteiger partial charge in [0.05, 0.1) is 35.2 Å². The van der Waals surface area contributed by atoms with Crippen LogP contribution in [0.4, 0.5) is 0 Å². The summed E-state index contributed by atoms with van der Waals surface area (Å²) < 4.78 is 4.28. The summed E-state index contributed by atoms with van der Waals surface area (Å²) in [5, 5.41) is 9.85. The summed E-state index contributed by atoms with van der Waals surface area (Å²) in [7, 11) is 0. The zero-order valence-electron chi connectivity index (χ0n) is 33.5. The maximum absolute atomic E-state index is 4.93. The van der Waals surface area contributed by atoms with Gasteiger partial charge in [-0.2, -0.15) is 10.2 Å². The van der Waals surface area contributed by atoms with Gasteiger partial charge in [-0.3, -0.25) is 0 Å². The van der Waals surface area contributed by atoms with E-state index in [9.17, 15) is 0 Å². The number of fused-ring (bicyclic) bond motifs is 6. The molecule has 274 valence electrons. The number of hydrogen-bond donors (Lipinski definition) is 0. The molecule has 0 bridgehead atoms. The van der Waals surface area contributed by atoms with Gasteiger partial charge in [-0.05, 0) is 76.9 Å². The molecule has 4 nitrogen and oxygen atoms in total. The minimum atomic E-state index is -0.182. The van der Waals surface area contributed by atoms with Crippen molar-refractivity contribution in [2.24, 2.45) is 0 Å². The van der Waals surface area contributed by atoms with Gasteiger partial charge in [0.1, 0.15) is 0 Å². The van der Waals surface area contributed by atoms with E-state index in [-0.39, 0.29) is 21.7 Å². The van der Waals surface area contributed by atoms with Crippen LogP contribution in [-0.2, 0) is 21.7 Å². The van der Waals surface area contributed by atoms with E-state index in [2.05, 4.69) is 204 Å². The Labute approximate surface area is 331 Å². The summed E-state index contributed by atoms with van der Waals surface area (Å²) in [6.07, 6.45) is 4.04. The molecule has 0 saturated carbocycles. The predicted molar refractivity (Wildman–Crippen MR) is 229 cm³/mol. The first-order chi connectivity index (χ1) is 26.8. The Kier molecular flexibility index (Phi) is 7.95. The molecule has 4 heteroatoms. The van der Waals surface area contributed by atoms with Gasteiger partial charge >= 0.3 is 0 Å². The van der Waals surface area contributed by atoms with E-state index in [1.807, 2.05) is 18.5 Å². The third-order valence-corrected chi connectivity index (χ3v) is 13.4. The summed E-state index contributed by atoms with van der Waals surface area (Å²) in [6, 6.07) is 42.5. The predicted octanol–water partition coefficient (Wildman–Crippen LogP) is 11.3. The largest absolute Gasteiger partial charge is 0.236 e. The van der Waals surface area contributed by atoms with E-state index in [4.69, 9.17) is 10.2 Å². The second-order valence-electron chi connectivity index (χ2n) is 17.4. The van der Waals surface area contributed by atoms with E-state index < -0.39 is 0 Å². The number of benzene rings is 5. The Morgan fingerprint density at radius 2 is 0.768 bits per heavy atom. The van der Waals surface area contributed by atoms with Gasteiger partial charge < -0.3 is 0 Å². The third-order valence-electron chi connectivity index (χ3n) is 13.4. The smallest absolute Gasteiger partial charge is 0.0687 e. The first-order valence-electron chi connectivity index (χ1n) is 19.5. The van der Waals surface area contributed by atoms with Crippen molar-refractivity contribution >= 4 is 0 Å². The lowest BCUT2D eigenvalue weighted by Gasteiger charge is -2.47. The SMILES string of the molecule is CC1(C)c2cc(C#Cc3cccc(C#Cc4ccc5c(c4)C(C)(C)C(C)(C)c4c(-c6ccccc6)cnn4-5)c3)ccc2-n2ncc(-c3ccccc3)c2C1(C)C. The fourth-order valence-electron chi connectivity index (χ4n) is 8.75. The third kappa shape index (κ3) is 5.31. The first-order valence-corrected chi connectivity index (χ1v) is 19.5.